The summed E-state index contributed by atoms with van der Waals surface area (Å²) in [5.41, 5.74) is 10.0. The molecule has 0 radical (unpaired) electrons. The number of imidazole rings is 1. The summed E-state index contributed by atoms with van der Waals surface area (Å²) >= 11 is 6.01. The number of nitrogens with zero attached hydrogens (tertiary/aromatic N) is 4. The molecule has 0 saturated heterocycles. The molecule has 150 valence electrons. The van der Waals surface area contributed by atoms with Gasteiger partial charge in [-0.15, -0.1) is 0 Å². The van der Waals surface area contributed by atoms with Gasteiger partial charge in [-0.2, -0.15) is 5.10 Å². The molecule has 29 heavy (non-hydrogen) atoms. The molecule has 0 aliphatic rings. The molecule has 0 aliphatic heterocycles. The van der Waals surface area contributed by atoms with Gasteiger partial charge in [-0.1, -0.05) is 23.7 Å². The van der Waals surface area contributed by atoms with Crippen LogP contribution in [0.15, 0.2) is 48.8 Å². The van der Waals surface area contributed by atoms with Gasteiger partial charge in [0.2, 0.25) is 0 Å². The normalized spacial score (nSPS) is 12.8. The Hall–Kier alpha value is -2.74. The predicted molar refractivity (Wildman–Crippen MR) is 113 cm³/mol. The third-order valence-corrected chi connectivity index (χ3v) is 5.21. The van der Waals surface area contributed by atoms with Gasteiger partial charge in [-0.05, 0) is 37.9 Å². The molecule has 2 aromatic carbocycles. The third kappa shape index (κ3) is 3.89. The van der Waals surface area contributed by atoms with Crippen LogP contribution in [0.3, 0.4) is 0 Å². The maximum atomic E-state index is 14.8. The van der Waals surface area contributed by atoms with Gasteiger partial charge < -0.3 is 15.2 Å². The molecule has 0 bridgehead atoms. The van der Waals surface area contributed by atoms with E-state index in [-0.39, 0.29) is 5.82 Å². The van der Waals surface area contributed by atoms with Crippen molar-refractivity contribution in [2.24, 2.45) is 5.73 Å². The molecule has 0 fully saturated rings. The zero-order valence-electron chi connectivity index (χ0n) is 16.2. The van der Waals surface area contributed by atoms with Crippen LogP contribution in [0.4, 0.5) is 4.39 Å². The fourth-order valence-electron chi connectivity index (χ4n) is 3.38. The third-order valence-electron chi connectivity index (χ3n) is 4.95. The largest absolute Gasteiger partial charge is 0.325 e. The van der Waals surface area contributed by atoms with Gasteiger partial charge in [0.05, 0.1) is 23.3 Å². The zero-order valence-corrected chi connectivity index (χ0v) is 17.0. The zero-order chi connectivity index (χ0) is 20.5. The smallest absolute Gasteiger partial charge is 0.133 e. The Kier molecular flexibility index (Phi) is 5.36. The average Bonchev–Trinajstić information content (AvgIpc) is 3.33. The molecular formula is C21H22ClFN6. The van der Waals surface area contributed by atoms with Gasteiger partial charge >= 0.3 is 0 Å². The number of rotatable bonds is 6. The van der Waals surface area contributed by atoms with Crippen LogP contribution >= 0.6 is 11.6 Å². The minimum absolute atomic E-state index is 0.345. The van der Waals surface area contributed by atoms with E-state index in [1.165, 1.54) is 6.07 Å². The number of nitrogens with two attached hydrogens (primary N) is 1. The average molecular weight is 413 g/mol. The minimum Gasteiger partial charge on any atom is -0.325 e. The second-order valence-corrected chi connectivity index (χ2v) is 7.70. The predicted octanol–water partition coefficient (Wildman–Crippen LogP) is 3.83. The molecule has 6 nitrogen and oxygen atoms in total. The van der Waals surface area contributed by atoms with Gasteiger partial charge in [-0.25, -0.2) is 9.37 Å². The Morgan fingerprint density at radius 1 is 1.24 bits per heavy atom. The molecule has 0 spiro atoms. The summed E-state index contributed by atoms with van der Waals surface area (Å²) in [5.74, 6) is 0.343. The van der Waals surface area contributed by atoms with Crippen molar-refractivity contribution in [1.29, 1.82) is 0 Å². The molecule has 0 aliphatic carbocycles. The van der Waals surface area contributed by atoms with Crippen LogP contribution in [-0.4, -0.2) is 45.3 Å². The first kappa shape index (κ1) is 19.6. The summed E-state index contributed by atoms with van der Waals surface area (Å²) in [6, 6.07) is 10.2. The number of aromatic amines is 1. The molecule has 0 saturated carbocycles. The molecule has 2 aromatic heterocycles. The van der Waals surface area contributed by atoms with Crippen molar-refractivity contribution in [3.8, 4) is 11.1 Å². The lowest BCUT2D eigenvalue weighted by Gasteiger charge is -2.17. The SMILES string of the molecule is CN(C)CCn1c(C(N)c2ccc(Cl)cc2)nc2cc(F)c(-c3cn[nH]c3)cc21. The number of fused-ring (bicyclic) bond motifs is 1. The van der Waals surface area contributed by atoms with Crippen molar-refractivity contribution in [1.82, 2.24) is 24.6 Å². The highest BCUT2D eigenvalue weighted by atomic mass is 35.5. The number of hydrogen-bond acceptors (Lipinski definition) is 4. The first-order chi connectivity index (χ1) is 13.9. The lowest BCUT2D eigenvalue weighted by atomic mass is 10.1. The van der Waals surface area contributed by atoms with E-state index in [4.69, 9.17) is 22.3 Å². The standard InChI is InChI=1S/C21H22ClFN6/c1-28(2)7-8-29-19-9-16(14-11-25-26-12-14)17(23)10-18(19)27-21(29)20(24)13-3-5-15(22)6-4-13/h3-6,9-12,20H,7-8,24H2,1-2H3,(H,25,26). The van der Waals surface area contributed by atoms with E-state index >= 15 is 0 Å². The van der Waals surface area contributed by atoms with Crippen molar-refractivity contribution < 1.29 is 4.39 Å². The van der Waals surface area contributed by atoms with E-state index < -0.39 is 6.04 Å². The van der Waals surface area contributed by atoms with Crippen molar-refractivity contribution in [3.63, 3.8) is 0 Å². The Labute approximate surface area is 173 Å². The summed E-state index contributed by atoms with van der Waals surface area (Å²) < 4.78 is 16.8. The Bertz CT molecular complexity index is 1120. The highest BCUT2D eigenvalue weighted by molar-refractivity contribution is 6.30. The number of nitrogens with one attached hydrogen (secondary N) is 1. The number of halogens is 2. The Balaban J connectivity index is 1.86. The summed E-state index contributed by atoms with van der Waals surface area (Å²) in [6.07, 6.45) is 3.27. The molecule has 4 aromatic rings. The van der Waals surface area contributed by atoms with Crippen LogP contribution in [0.2, 0.25) is 5.02 Å². The molecular weight excluding hydrogens is 391 g/mol. The van der Waals surface area contributed by atoms with E-state index in [0.717, 1.165) is 17.6 Å². The number of H-pyrrole nitrogens is 1. The minimum atomic E-state index is -0.456. The number of hydrogen-bond donors (Lipinski definition) is 2. The second-order valence-electron chi connectivity index (χ2n) is 7.26. The van der Waals surface area contributed by atoms with E-state index in [1.807, 2.05) is 32.3 Å². The molecule has 4 rings (SSSR count). The topological polar surface area (TPSA) is 75.8 Å². The van der Waals surface area contributed by atoms with Gasteiger partial charge in [-0.3, -0.25) is 5.10 Å². The number of benzene rings is 2. The Morgan fingerprint density at radius 3 is 2.66 bits per heavy atom. The lowest BCUT2D eigenvalue weighted by molar-refractivity contribution is 0.382. The van der Waals surface area contributed by atoms with E-state index in [0.29, 0.717) is 34.0 Å². The van der Waals surface area contributed by atoms with Crippen LogP contribution in [0.1, 0.15) is 17.4 Å². The molecule has 1 unspecified atom stereocenters. The van der Waals surface area contributed by atoms with E-state index in [9.17, 15) is 4.39 Å². The van der Waals surface area contributed by atoms with Crippen molar-refractivity contribution >= 4 is 22.6 Å². The maximum absolute atomic E-state index is 14.8. The monoisotopic (exact) mass is 412 g/mol. The highest BCUT2D eigenvalue weighted by Crippen LogP contribution is 2.30. The molecule has 2 heterocycles. The van der Waals surface area contributed by atoms with Crippen LogP contribution in [0.25, 0.3) is 22.2 Å². The number of aromatic nitrogens is 4. The van der Waals surface area contributed by atoms with Crippen LogP contribution in [0, 0.1) is 5.82 Å². The van der Waals surface area contributed by atoms with E-state index in [1.54, 1.807) is 24.5 Å². The van der Waals surface area contributed by atoms with Crippen molar-refractivity contribution in [2.45, 2.75) is 12.6 Å². The highest BCUT2D eigenvalue weighted by Gasteiger charge is 2.21. The Morgan fingerprint density at radius 2 is 2.00 bits per heavy atom. The number of likely N-dealkylation sites (N-methyl/N-ethyl adjacent to an activating group) is 1. The molecule has 8 heteroatoms. The maximum Gasteiger partial charge on any atom is 0.133 e. The van der Waals surface area contributed by atoms with E-state index in [2.05, 4.69) is 19.7 Å². The molecule has 3 N–H and O–H groups in total. The molecule has 1 atom stereocenters. The van der Waals surface area contributed by atoms with Crippen molar-refractivity contribution in [2.75, 3.05) is 20.6 Å². The fraction of sp³-hybridized carbons (Fsp3) is 0.238. The van der Waals surface area contributed by atoms with Crippen LogP contribution in [-0.2, 0) is 6.54 Å². The lowest BCUT2D eigenvalue weighted by Crippen LogP contribution is -2.23. The van der Waals surface area contributed by atoms with Gasteiger partial charge in [0.1, 0.15) is 11.6 Å². The van der Waals surface area contributed by atoms with Gasteiger partial charge in [0.15, 0.2) is 0 Å². The van der Waals surface area contributed by atoms with Crippen molar-refractivity contribution in [3.05, 3.63) is 71.0 Å². The van der Waals surface area contributed by atoms with Crippen LogP contribution in [0.5, 0.6) is 0 Å². The summed E-state index contributed by atoms with van der Waals surface area (Å²) in [5, 5.41) is 7.31. The summed E-state index contributed by atoms with van der Waals surface area (Å²) in [7, 11) is 4.02. The summed E-state index contributed by atoms with van der Waals surface area (Å²) in [4.78, 5) is 6.78. The van der Waals surface area contributed by atoms with Crippen LogP contribution < -0.4 is 5.73 Å². The molecule has 0 amide bonds. The first-order valence-corrected chi connectivity index (χ1v) is 9.66. The quantitative estimate of drug-likeness (QED) is 0.504. The fourth-order valence-corrected chi connectivity index (χ4v) is 3.50. The second kappa shape index (κ2) is 7.94. The summed E-state index contributed by atoms with van der Waals surface area (Å²) in [6.45, 7) is 1.47. The van der Waals surface area contributed by atoms with Gasteiger partial charge in [0.25, 0.3) is 0 Å². The van der Waals surface area contributed by atoms with Gasteiger partial charge in [0, 0.05) is 41.5 Å². The first-order valence-electron chi connectivity index (χ1n) is 9.28.